The van der Waals surface area contributed by atoms with E-state index in [9.17, 15) is 5.11 Å². The average molecular weight is 227 g/mol. The summed E-state index contributed by atoms with van der Waals surface area (Å²) in [4.78, 5) is 6.16. The summed E-state index contributed by atoms with van der Waals surface area (Å²) in [6.07, 6.45) is 4.23. The molecule has 0 amide bonds. The smallest absolute Gasteiger partial charge is 0.0758 e. The summed E-state index contributed by atoms with van der Waals surface area (Å²) < 4.78 is 0. The van der Waals surface area contributed by atoms with Crippen LogP contribution in [0, 0.1) is 0 Å². The lowest BCUT2D eigenvalue weighted by atomic mass is 10.1. The van der Waals surface area contributed by atoms with Crippen LogP contribution in [0.1, 0.15) is 18.9 Å². The summed E-state index contributed by atoms with van der Waals surface area (Å²) >= 11 is 6.02. The van der Waals surface area contributed by atoms with Gasteiger partial charge in [-0.3, -0.25) is 9.88 Å². The molecule has 1 atom stereocenters. The monoisotopic (exact) mass is 226 g/mol. The molecule has 1 unspecified atom stereocenters. The molecule has 0 aliphatic carbocycles. The van der Waals surface area contributed by atoms with E-state index in [4.69, 9.17) is 11.6 Å². The Hall–Kier alpha value is -0.640. The van der Waals surface area contributed by atoms with Crippen molar-refractivity contribution in [1.82, 2.24) is 9.88 Å². The molecule has 0 radical (unpaired) electrons. The van der Waals surface area contributed by atoms with E-state index in [0.717, 1.165) is 25.1 Å². The number of hydrogen-bond acceptors (Lipinski definition) is 3. The highest BCUT2D eigenvalue weighted by molar-refractivity contribution is 6.31. The zero-order valence-electron chi connectivity index (χ0n) is 8.78. The Labute approximate surface area is 94.7 Å². The Balaban J connectivity index is 2.02. The summed E-state index contributed by atoms with van der Waals surface area (Å²) in [6, 6.07) is 1.93. The number of β-amino-alcohol motifs (C(OH)–C–C–N with tert-alkyl or cyclic N) is 1. The lowest BCUT2D eigenvalue weighted by Crippen LogP contribution is -2.29. The standard InChI is InChI=1S/C11H15ClN2O/c1-11(15)3-5-14(8-11)7-9-2-4-13-6-10(9)12/h2,4,6,15H,3,5,7-8H2,1H3. The highest BCUT2D eigenvalue weighted by Crippen LogP contribution is 2.23. The molecular formula is C11H15ClN2O. The normalized spacial score (nSPS) is 27.1. The van der Waals surface area contributed by atoms with Crippen LogP contribution in [-0.4, -0.2) is 33.7 Å². The van der Waals surface area contributed by atoms with E-state index in [1.54, 1.807) is 12.4 Å². The number of aromatic nitrogens is 1. The fourth-order valence-corrected chi connectivity index (χ4v) is 2.13. The van der Waals surface area contributed by atoms with Gasteiger partial charge < -0.3 is 5.11 Å². The number of rotatable bonds is 2. The van der Waals surface area contributed by atoms with Crippen molar-refractivity contribution in [3.05, 3.63) is 29.0 Å². The van der Waals surface area contributed by atoms with Crippen LogP contribution in [0.3, 0.4) is 0 Å². The SMILES string of the molecule is CC1(O)CCN(Cc2ccncc2Cl)C1. The number of halogens is 1. The van der Waals surface area contributed by atoms with E-state index in [2.05, 4.69) is 9.88 Å². The lowest BCUT2D eigenvalue weighted by molar-refractivity contribution is 0.0679. The topological polar surface area (TPSA) is 36.4 Å². The summed E-state index contributed by atoms with van der Waals surface area (Å²) in [6.45, 7) is 4.30. The molecule has 1 N–H and O–H groups in total. The minimum absolute atomic E-state index is 0.542. The van der Waals surface area contributed by atoms with Gasteiger partial charge in [-0.25, -0.2) is 0 Å². The van der Waals surface area contributed by atoms with E-state index >= 15 is 0 Å². The van der Waals surface area contributed by atoms with Crippen molar-refractivity contribution in [3.8, 4) is 0 Å². The molecule has 1 fully saturated rings. The quantitative estimate of drug-likeness (QED) is 0.834. The maximum Gasteiger partial charge on any atom is 0.0758 e. The fraction of sp³-hybridized carbons (Fsp3) is 0.545. The summed E-state index contributed by atoms with van der Waals surface area (Å²) in [5, 5.41) is 10.5. The maximum atomic E-state index is 9.83. The third-order valence-electron chi connectivity index (χ3n) is 2.78. The molecule has 4 heteroatoms. The lowest BCUT2D eigenvalue weighted by Gasteiger charge is -2.19. The Kier molecular flexibility index (Phi) is 2.96. The van der Waals surface area contributed by atoms with Gasteiger partial charge >= 0.3 is 0 Å². The molecular weight excluding hydrogens is 212 g/mol. The molecule has 1 aromatic heterocycles. The first-order chi connectivity index (χ1) is 7.07. The maximum absolute atomic E-state index is 9.83. The van der Waals surface area contributed by atoms with Crippen molar-refractivity contribution in [2.45, 2.75) is 25.5 Å². The predicted octanol–water partition coefficient (Wildman–Crippen LogP) is 1.69. The number of nitrogens with zero attached hydrogens (tertiary/aromatic N) is 2. The molecule has 2 rings (SSSR count). The molecule has 0 spiro atoms. The van der Waals surface area contributed by atoms with Crippen molar-refractivity contribution in [2.24, 2.45) is 0 Å². The Morgan fingerprint density at radius 1 is 1.67 bits per heavy atom. The molecule has 3 nitrogen and oxygen atoms in total. The van der Waals surface area contributed by atoms with Crippen LogP contribution in [0.2, 0.25) is 5.02 Å². The molecule has 1 aromatic rings. The number of aliphatic hydroxyl groups is 1. The van der Waals surface area contributed by atoms with E-state index in [0.29, 0.717) is 11.6 Å². The van der Waals surface area contributed by atoms with Crippen LogP contribution in [0.25, 0.3) is 0 Å². The predicted molar refractivity (Wildman–Crippen MR) is 59.8 cm³/mol. The minimum atomic E-state index is -0.542. The van der Waals surface area contributed by atoms with Crippen molar-refractivity contribution < 1.29 is 5.11 Å². The van der Waals surface area contributed by atoms with Gasteiger partial charge in [-0.05, 0) is 25.0 Å². The molecule has 82 valence electrons. The van der Waals surface area contributed by atoms with Crippen LogP contribution in [-0.2, 0) is 6.54 Å². The molecule has 0 saturated carbocycles. The van der Waals surface area contributed by atoms with Crippen LogP contribution >= 0.6 is 11.6 Å². The fourth-order valence-electron chi connectivity index (χ4n) is 1.95. The van der Waals surface area contributed by atoms with Gasteiger partial charge in [0.05, 0.1) is 10.6 Å². The van der Waals surface area contributed by atoms with Crippen molar-refractivity contribution in [2.75, 3.05) is 13.1 Å². The van der Waals surface area contributed by atoms with Gasteiger partial charge in [-0.15, -0.1) is 0 Å². The van der Waals surface area contributed by atoms with E-state index in [1.807, 2.05) is 13.0 Å². The largest absolute Gasteiger partial charge is 0.389 e. The van der Waals surface area contributed by atoms with Gasteiger partial charge in [0.25, 0.3) is 0 Å². The summed E-state index contributed by atoms with van der Waals surface area (Å²) in [7, 11) is 0. The molecule has 2 heterocycles. The number of hydrogen-bond donors (Lipinski definition) is 1. The second-order valence-corrected chi connectivity index (χ2v) is 4.83. The van der Waals surface area contributed by atoms with Crippen LogP contribution in [0.4, 0.5) is 0 Å². The van der Waals surface area contributed by atoms with Crippen LogP contribution in [0.15, 0.2) is 18.5 Å². The van der Waals surface area contributed by atoms with Crippen molar-refractivity contribution in [3.63, 3.8) is 0 Å². The average Bonchev–Trinajstić information content (AvgIpc) is 2.50. The van der Waals surface area contributed by atoms with Crippen LogP contribution in [0.5, 0.6) is 0 Å². The number of pyridine rings is 1. The van der Waals surface area contributed by atoms with Crippen molar-refractivity contribution in [1.29, 1.82) is 0 Å². The number of likely N-dealkylation sites (tertiary alicyclic amines) is 1. The first-order valence-electron chi connectivity index (χ1n) is 5.10. The first-order valence-corrected chi connectivity index (χ1v) is 5.48. The summed E-state index contributed by atoms with van der Waals surface area (Å²) in [5.74, 6) is 0. The van der Waals surface area contributed by atoms with E-state index in [1.165, 1.54) is 0 Å². The van der Waals surface area contributed by atoms with Gasteiger partial charge in [-0.2, -0.15) is 0 Å². The highest BCUT2D eigenvalue weighted by atomic mass is 35.5. The second-order valence-electron chi connectivity index (χ2n) is 4.42. The van der Waals surface area contributed by atoms with E-state index in [-0.39, 0.29) is 0 Å². The van der Waals surface area contributed by atoms with Gasteiger partial charge in [0.15, 0.2) is 0 Å². The van der Waals surface area contributed by atoms with E-state index < -0.39 is 5.60 Å². The molecule has 0 aromatic carbocycles. The molecule has 1 saturated heterocycles. The van der Waals surface area contributed by atoms with Gasteiger partial charge in [0.2, 0.25) is 0 Å². The Bertz CT molecular complexity index is 354. The van der Waals surface area contributed by atoms with Crippen LogP contribution < -0.4 is 0 Å². The molecule has 1 aliphatic rings. The van der Waals surface area contributed by atoms with Gasteiger partial charge in [0, 0.05) is 32.0 Å². The third kappa shape index (κ3) is 2.68. The third-order valence-corrected chi connectivity index (χ3v) is 3.12. The molecule has 1 aliphatic heterocycles. The zero-order chi connectivity index (χ0) is 10.9. The zero-order valence-corrected chi connectivity index (χ0v) is 9.54. The van der Waals surface area contributed by atoms with Gasteiger partial charge in [-0.1, -0.05) is 11.6 Å². The molecule has 0 bridgehead atoms. The highest BCUT2D eigenvalue weighted by Gasteiger charge is 2.31. The Morgan fingerprint density at radius 2 is 2.47 bits per heavy atom. The minimum Gasteiger partial charge on any atom is -0.389 e. The first kappa shape index (κ1) is 10.9. The summed E-state index contributed by atoms with van der Waals surface area (Å²) in [5.41, 5.74) is 0.531. The molecule has 15 heavy (non-hydrogen) atoms. The Morgan fingerprint density at radius 3 is 3.07 bits per heavy atom. The van der Waals surface area contributed by atoms with Crippen molar-refractivity contribution >= 4 is 11.6 Å². The van der Waals surface area contributed by atoms with Gasteiger partial charge in [0.1, 0.15) is 0 Å². The second kappa shape index (κ2) is 4.08.